The maximum atomic E-state index is 4.42. The summed E-state index contributed by atoms with van der Waals surface area (Å²) in [6.45, 7) is 9.33. The molecule has 3 nitrogen and oxygen atoms in total. The molecule has 21 heavy (non-hydrogen) atoms. The van der Waals surface area contributed by atoms with Crippen molar-refractivity contribution in [2.75, 3.05) is 0 Å². The molecule has 0 aliphatic heterocycles. The van der Waals surface area contributed by atoms with Gasteiger partial charge in [-0.2, -0.15) is 0 Å². The molecule has 0 aliphatic carbocycles. The number of para-hydroxylation sites is 1. The van der Waals surface area contributed by atoms with Crippen LogP contribution in [0.5, 0.6) is 0 Å². The van der Waals surface area contributed by atoms with E-state index in [4.69, 9.17) is 0 Å². The third kappa shape index (κ3) is 4.14. The number of nitrogens with zero attached hydrogens (tertiary/aromatic N) is 3. The standard InChI is InChI=1S/C17H25N3Si/c1-5-6-8-13-17(21(2,3)4)16-14-20(19-18-16)15-11-9-7-10-12-15/h7,9-14H,5-6,8H2,1-4H3/b17-13-. The lowest BCUT2D eigenvalue weighted by Gasteiger charge is -2.19. The number of aromatic nitrogens is 3. The quantitative estimate of drug-likeness (QED) is 0.571. The van der Waals surface area contributed by atoms with Gasteiger partial charge in [0.2, 0.25) is 0 Å². The Kier molecular flexibility index (Phi) is 5.12. The van der Waals surface area contributed by atoms with E-state index in [1.54, 1.807) is 0 Å². The minimum Gasteiger partial charge on any atom is -0.220 e. The Hall–Kier alpha value is -1.68. The monoisotopic (exact) mass is 299 g/mol. The van der Waals surface area contributed by atoms with Gasteiger partial charge in [-0.3, -0.25) is 0 Å². The maximum Gasteiger partial charge on any atom is 0.105 e. The Labute approximate surface area is 128 Å². The smallest absolute Gasteiger partial charge is 0.105 e. The molecule has 112 valence electrons. The molecule has 0 fully saturated rings. The second-order valence-electron chi connectivity index (χ2n) is 6.39. The summed E-state index contributed by atoms with van der Waals surface area (Å²) in [6.07, 6.45) is 8.04. The molecule has 0 unspecified atom stereocenters. The van der Waals surface area contributed by atoms with Crippen molar-refractivity contribution in [3.8, 4) is 5.69 Å². The highest BCUT2D eigenvalue weighted by Gasteiger charge is 2.23. The van der Waals surface area contributed by atoms with Gasteiger partial charge >= 0.3 is 0 Å². The number of allylic oxidation sites excluding steroid dienone is 1. The molecule has 0 aliphatic rings. The molecule has 0 radical (unpaired) electrons. The molecule has 0 amide bonds. The minimum absolute atomic E-state index is 1.04. The van der Waals surface area contributed by atoms with Crippen LogP contribution in [0, 0.1) is 0 Å². The second kappa shape index (κ2) is 6.85. The van der Waals surface area contributed by atoms with Crippen molar-refractivity contribution in [2.24, 2.45) is 0 Å². The molecular weight excluding hydrogens is 274 g/mol. The maximum absolute atomic E-state index is 4.42. The van der Waals surface area contributed by atoms with E-state index in [9.17, 15) is 0 Å². The predicted octanol–water partition coefficient (Wildman–Crippen LogP) is 4.72. The molecule has 0 N–H and O–H groups in total. The van der Waals surface area contributed by atoms with Crippen molar-refractivity contribution in [3.05, 3.63) is 48.3 Å². The molecule has 1 aromatic carbocycles. The number of rotatable bonds is 6. The summed E-state index contributed by atoms with van der Waals surface area (Å²) >= 11 is 0. The van der Waals surface area contributed by atoms with Gasteiger partial charge in [0.25, 0.3) is 0 Å². The zero-order valence-corrected chi connectivity index (χ0v) is 14.5. The summed E-state index contributed by atoms with van der Waals surface area (Å²) in [5.74, 6) is 0. The number of hydrogen-bond donors (Lipinski definition) is 0. The van der Waals surface area contributed by atoms with Crippen molar-refractivity contribution < 1.29 is 0 Å². The van der Waals surface area contributed by atoms with Gasteiger partial charge in [0.1, 0.15) is 5.69 Å². The Morgan fingerprint density at radius 2 is 1.90 bits per heavy atom. The molecule has 2 aromatic rings. The number of benzene rings is 1. The van der Waals surface area contributed by atoms with Crippen molar-refractivity contribution in [1.82, 2.24) is 15.0 Å². The Morgan fingerprint density at radius 1 is 1.19 bits per heavy atom. The summed E-state index contributed by atoms with van der Waals surface area (Å²) in [5.41, 5.74) is 2.09. The van der Waals surface area contributed by atoms with E-state index in [1.165, 1.54) is 18.0 Å². The third-order valence-corrected chi connectivity index (χ3v) is 5.58. The van der Waals surface area contributed by atoms with Gasteiger partial charge in [0.15, 0.2) is 0 Å². The Bertz CT molecular complexity index is 594. The average Bonchev–Trinajstić information content (AvgIpc) is 2.92. The van der Waals surface area contributed by atoms with E-state index in [0.717, 1.165) is 17.8 Å². The highest BCUT2D eigenvalue weighted by atomic mass is 28.3. The van der Waals surface area contributed by atoms with Crippen molar-refractivity contribution in [2.45, 2.75) is 45.8 Å². The van der Waals surface area contributed by atoms with Gasteiger partial charge < -0.3 is 0 Å². The molecular formula is C17H25N3Si. The van der Waals surface area contributed by atoms with Crippen molar-refractivity contribution in [3.63, 3.8) is 0 Å². The van der Waals surface area contributed by atoms with Crippen molar-refractivity contribution in [1.29, 1.82) is 0 Å². The van der Waals surface area contributed by atoms with Crippen LogP contribution < -0.4 is 0 Å². The molecule has 1 heterocycles. The van der Waals surface area contributed by atoms with Crippen LogP contribution in [0.1, 0.15) is 31.9 Å². The van der Waals surface area contributed by atoms with Gasteiger partial charge in [-0.15, -0.1) is 5.10 Å². The molecule has 0 atom stereocenters. The van der Waals surface area contributed by atoms with Crippen LogP contribution in [-0.4, -0.2) is 23.1 Å². The zero-order chi connectivity index (χ0) is 15.3. The topological polar surface area (TPSA) is 30.7 Å². The first-order valence-corrected chi connectivity index (χ1v) is 11.2. The van der Waals surface area contributed by atoms with Crippen LogP contribution in [0.15, 0.2) is 42.6 Å². The molecule has 0 saturated heterocycles. The van der Waals surface area contributed by atoms with Gasteiger partial charge in [-0.05, 0) is 23.7 Å². The summed E-state index contributed by atoms with van der Waals surface area (Å²) in [7, 11) is -1.42. The normalized spacial score (nSPS) is 12.7. The van der Waals surface area contributed by atoms with Gasteiger partial charge in [-0.25, -0.2) is 4.68 Å². The number of unbranched alkanes of at least 4 members (excludes halogenated alkanes) is 2. The molecule has 4 heteroatoms. The second-order valence-corrected chi connectivity index (χ2v) is 11.4. The molecule has 1 aromatic heterocycles. The SMILES string of the molecule is CCCC/C=C(/c1cn(-c2ccccc2)nn1)[Si](C)(C)C. The van der Waals surface area contributed by atoms with E-state index in [0.29, 0.717) is 0 Å². The minimum atomic E-state index is -1.42. The Morgan fingerprint density at radius 3 is 2.52 bits per heavy atom. The van der Waals surface area contributed by atoms with E-state index >= 15 is 0 Å². The first-order chi connectivity index (χ1) is 10.0. The average molecular weight is 299 g/mol. The van der Waals surface area contributed by atoms with Crippen LogP contribution >= 0.6 is 0 Å². The summed E-state index contributed by atoms with van der Waals surface area (Å²) in [6, 6.07) is 10.2. The fourth-order valence-electron chi connectivity index (χ4n) is 2.34. The van der Waals surface area contributed by atoms with Crippen LogP contribution in [0.3, 0.4) is 0 Å². The van der Waals surface area contributed by atoms with Gasteiger partial charge in [-0.1, -0.05) is 68.9 Å². The fourth-order valence-corrected chi connectivity index (χ4v) is 3.98. The van der Waals surface area contributed by atoms with Crippen LogP contribution in [0.4, 0.5) is 0 Å². The molecule has 0 spiro atoms. The molecule has 0 saturated carbocycles. The molecule has 0 bridgehead atoms. The first-order valence-electron chi connectivity index (χ1n) is 7.71. The van der Waals surface area contributed by atoms with Crippen molar-refractivity contribution >= 4 is 13.3 Å². The zero-order valence-electron chi connectivity index (χ0n) is 13.5. The predicted molar refractivity (Wildman–Crippen MR) is 92.2 cm³/mol. The number of hydrogen-bond acceptors (Lipinski definition) is 2. The molecule has 2 rings (SSSR count). The fraction of sp³-hybridized carbons (Fsp3) is 0.412. The van der Waals surface area contributed by atoms with Gasteiger partial charge in [0.05, 0.1) is 20.0 Å². The van der Waals surface area contributed by atoms with Crippen LogP contribution in [0.25, 0.3) is 10.9 Å². The summed E-state index contributed by atoms with van der Waals surface area (Å²) in [5, 5.41) is 10.1. The first kappa shape index (κ1) is 15.7. The lowest BCUT2D eigenvalue weighted by Crippen LogP contribution is -2.23. The third-order valence-electron chi connectivity index (χ3n) is 3.50. The highest BCUT2D eigenvalue weighted by Crippen LogP contribution is 2.25. The van der Waals surface area contributed by atoms with Crippen LogP contribution in [-0.2, 0) is 0 Å². The van der Waals surface area contributed by atoms with E-state index < -0.39 is 8.07 Å². The van der Waals surface area contributed by atoms with E-state index in [-0.39, 0.29) is 0 Å². The lowest BCUT2D eigenvalue weighted by molar-refractivity contribution is 0.802. The highest BCUT2D eigenvalue weighted by molar-refractivity contribution is 6.93. The van der Waals surface area contributed by atoms with Gasteiger partial charge in [0, 0.05) is 0 Å². The lowest BCUT2D eigenvalue weighted by atomic mass is 10.2. The largest absolute Gasteiger partial charge is 0.220 e. The van der Waals surface area contributed by atoms with Crippen LogP contribution in [0.2, 0.25) is 19.6 Å². The Balaban J connectivity index is 2.30. The summed E-state index contributed by atoms with van der Waals surface area (Å²) < 4.78 is 1.86. The van der Waals surface area contributed by atoms with E-state index in [2.05, 4.69) is 49.1 Å². The van der Waals surface area contributed by atoms with E-state index in [1.807, 2.05) is 35.0 Å². The summed E-state index contributed by atoms with van der Waals surface area (Å²) in [4.78, 5) is 0.